The van der Waals surface area contributed by atoms with E-state index in [1.165, 1.54) is 25.7 Å². The van der Waals surface area contributed by atoms with Crippen molar-refractivity contribution >= 4 is 8.56 Å². The summed E-state index contributed by atoms with van der Waals surface area (Å²) in [6, 6.07) is 0.894. The van der Waals surface area contributed by atoms with Crippen molar-refractivity contribution in [2.45, 2.75) is 65.0 Å². The third kappa shape index (κ3) is 9.57. The van der Waals surface area contributed by atoms with E-state index >= 15 is 0 Å². The molecule has 0 bridgehead atoms. The van der Waals surface area contributed by atoms with E-state index in [4.69, 9.17) is 8.85 Å². The zero-order valence-corrected chi connectivity index (χ0v) is 13.0. The predicted molar refractivity (Wildman–Crippen MR) is 77.6 cm³/mol. The van der Waals surface area contributed by atoms with E-state index in [1.807, 2.05) is 6.08 Å². The second kappa shape index (κ2) is 11.0. The summed E-state index contributed by atoms with van der Waals surface area (Å²) in [5.41, 5.74) is 0. The molecule has 0 radical (unpaired) electrons. The highest BCUT2D eigenvalue weighted by molar-refractivity contribution is 6.66. The lowest BCUT2D eigenvalue weighted by atomic mass is 10.3. The third-order valence-corrected chi connectivity index (χ3v) is 5.49. The molecule has 2 nitrogen and oxygen atoms in total. The molecular weight excluding hydrogens is 228 g/mol. The smallest absolute Gasteiger partial charge is 0.338 e. The van der Waals surface area contributed by atoms with Crippen LogP contribution in [0.1, 0.15) is 52.4 Å². The van der Waals surface area contributed by atoms with Crippen molar-refractivity contribution < 1.29 is 8.85 Å². The van der Waals surface area contributed by atoms with Gasteiger partial charge in [-0.25, -0.2) is 0 Å². The lowest BCUT2D eigenvalue weighted by Crippen LogP contribution is -2.38. The van der Waals surface area contributed by atoms with Crippen LogP contribution in [-0.2, 0) is 8.85 Å². The maximum Gasteiger partial charge on any atom is 0.338 e. The standard InChI is InChI=1S/C14H30O2Si/c1-5-8-10-12-15-17(4,14-7-3)16-13-11-9-6-2/h7H,3,5-6,8-14H2,1-2,4H3. The Balaban J connectivity index is 3.84. The van der Waals surface area contributed by atoms with Crippen LogP contribution in [0.2, 0.25) is 12.6 Å². The highest BCUT2D eigenvalue weighted by Crippen LogP contribution is 2.16. The fourth-order valence-corrected chi connectivity index (χ4v) is 3.70. The van der Waals surface area contributed by atoms with E-state index < -0.39 is 8.56 Å². The number of allylic oxidation sites excluding steroid dienone is 1. The maximum absolute atomic E-state index is 6.00. The van der Waals surface area contributed by atoms with Gasteiger partial charge in [0.05, 0.1) is 0 Å². The van der Waals surface area contributed by atoms with Crippen LogP contribution in [0.3, 0.4) is 0 Å². The van der Waals surface area contributed by atoms with Gasteiger partial charge in [0.1, 0.15) is 0 Å². The maximum atomic E-state index is 6.00. The summed E-state index contributed by atoms with van der Waals surface area (Å²) >= 11 is 0. The minimum atomic E-state index is -1.97. The molecule has 0 aromatic carbocycles. The summed E-state index contributed by atoms with van der Waals surface area (Å²) in [5, 5.41) is 0. The van der Waals surface area contributed by atoms with Crippen LogP contribution >= 0.6 is 0 Å². The summed E-state index contributed by atoms with van der Waals surface area (Å²) in [6.45, 7) is 12.1. The first-order valence-corrected chi connectivity index (χ1v) is 9.59. The largest absolute Gasteiger partial charge is 0.394 e. The molecule has 0 amide bonds. The van der Waals surface area contributed by atoms with E-state index in [1.54, 1.807) is 0 Å². The first kappa shape index (κ1) is 16.9. The molecule has 0 spiro atoms. The highest BCUT2D eigenvalue weighted by Gasteiger charge is 2.29. The number of unbranched alkanes of at least 4 members (excludes halogenated alkanes) is 4. The van der Waals surface area contributed by atoms with Gasteiger partial charge in [0.25, 0.3) is 0 Å². The van der Waals surface area contributed by atoms with Gasteiger partial charge in [-0.1, -0.05) is 45.6 Å². The molecule has 0 saturated heterocycles. The molecule has 0 fully saturated rings. The van der Waals surface area contributed by atoms with Gasteiger partial charge in [0, 0.05) is 19.3 Å². The molecule has 3 heteroatoms. The van der Waals surface area contributed by atoms with Gasteiger partial charge in [0.15, 0.2) is 0 Å². The molecule has 0 rings (SSSR count). The molecule has 0 aliphatic heterocycles. The van der Waals surface area contributed by atoms with Crippen LogP contribution < -0.4 is 0 Å². The fraction of sp³-hybridized carbons (Fsp3) is 0.857. The molecule has 0 aromatic heterocycles. The highest BCUT2D eigenvalue weighted by atomic mass is 28.4. The van der Waals surface area contributed by atoms with Crippen LogP contribution in [0.25, 0.3) is 0 Å². The molecule has 102 valence electrons. The lowest BCUT2D eigenvalue weighted by molar-refractivity contribution is 0.170. The summed E-state index contributed by atoms with van der Waals surface area (Å²) in [7, 11) is -1.97. The average Bonchev–Trinajstić information content (AvgIpc) is 2.31. The van der Waals surface area contributed by atoms with Crippen molar-refractivity contribution in [1.29, 1.82) is 0 Å². The van der Waals surface area contributed by atoms with Gasteiger partial charge in [-0.3, -0.25) is 0 Å². The van der Waals surface area contributed by atoms with Crippen LogP contribution in [0.4, 0.5) is 0 Å². The Kier molecular flexibility index (Phi) is 10.9. The van der Waals surface area contributed by atoms with Gasteiger partial charge in [-0.15, -0.1) is 6.58 Å². The van der Waals surface area contributed by atoms with Crippen molar-refractivity contribution in [3.63, 3.8) is 0 Å². The van der Waals surface area contributed by atoms with Gasteiger partial charge >= 0.3 is 8.56 Å². The summed E-state index contributed by atoms with van der Waals surface area (Å²) in [6.07, 6.45) is 9.19. The Labute approximate surface area is 109 Å². The fourth-order valence-electron chi connectivity index (χ4n) is 1.70. The van der Waals surface area contributed by atoms with Gasteiger partial charge in [0.2, 0.25) is 0 Å². The predicted octanol–water partition coefficient (Wildman–Crippen LogP) is 4.66. The minimum Gasteiger partial charge on any atom is -0.394 e. The molecule has 0 heterocycles. The molecular formula is C14H30O2Si. The Morgan fingerprint density at radius 3 is 1.76 bits per heavy atom. The van der Waals surface area contributed by atoms with Crippen molar-refractivity contribution in [2.24, 2.45) is 0 Å². The summed E-state index contributed by atoms with van der Waals surface area (Å²) in [4.78, 5) is 0. The monoisotopic (exact) mass is 258 g/mol. The van der Waals surface area contributed by atoms with Crippen molar-refractivity contribution in [1.82, 2.24) is 0 Å². The molecule has 0 atom stereocenters. The zero-order valence-electron chi connectivity index (χ0n) is 12.0. The topological polar surface area (TPSA) is 18.5 Å². The molecule has 0 saturated carbocycles. The molecule has 0 aliphatic carbocycles. The first-order chi connectivity index (χ1) is 8.18. The van der Waals surface area contributed by atoms with Crippen LogP contribution in [-0.4, -0.2) is 21.8 Å². The Morgan fingerprint density at radius 2 is 1.41 bits per heavy atom. The number of hydrogen-bond donors (Lipinski definition) is 0. The van der Waals surface area contributed by atoms with Crippen molar-refractivity contribution in [2.75, 3.05) is 13.2 Å². The van der Waals surface area contributed by atoms with E-state index in [0.29, 0.717) is 0 Å². The quantitative estimate of drug-likeness (QED) is 0.288. The van der Waals surface area contributed by atoms with E-state index in [9.17, 15) is 0 Å². The summed E-state index contributed by atoms with van der Waals surface area (Å²) in [5.74, 6) is 0. The first-order valence-electron chi connectivity index (χ1n) is 7.07. The zero-order chi connectivity index (χ0) is 13.0. The van der Waals surface area contributed by atoms with Gasteiger partial charge in [-0.2, -0.15) is 0 Å². The summed E-state index contributed by atoms with van der Waals surface area (Å²) < 4.78 is 12.0. The van der Waals surface area contributed by atoms with Gasteiger partial charge < -0.3 is 8.85 Å². The molecule has 0 unspecified atom stereocenters. The lowest BCUT2D eigenvalue weighted by Gasteiger charge is -2.26. The molecule has 17 heavy (non-hydrogen) atoms. The SMILES string of the molecule is C=CC[Si](C)(OCCCCC)OCCCCC. The number of rotatable bonds is 12. The number of hydrogen-bond acceptors (Lipinski definition) is 2. The van der Waals surface area contributed by atoms with E-state index in [2.05, 4.69) is 27.0 Å². The van der Waals surface area contributed by atoms with E-state index in [0.717, 1.165) is 32.1 Å². The minimum absolute atomic E-state index is 0.845. The Morgan fingerprint density at radius 1 is 0.941 bits per heavy atom. The Bertz CT molecular complexity index is 171. The van der Waals surface area contributed by atoms with E-state index in [-0.39, 0.29) is 0 Å². The second-order valence-electron chi connectivity index (χ2n) is 4.74. The molecule has 0 aromatic rings. The molecule has 0 aliphatic rings. The van der Waals surface area contributed by atoms with Crippen LogP contribution in [0.15, 0.2) is 12.7 Å². The van der Waals surface area contributed by atoms with Crippen molar-refractivity contribution in [3.05, 3.63) is 12.7 Å². The Hall–Kier alpha value is -0.123. The van der Waals surface area contributed by atoms with Crippen molar-refractivity contribution in [3.8, 4) is 0 Å². The van der Waals surface area contributed by atoms with Gasteiger partial charge in [-0.05, 0) is 19.4 Å². The second-order valence-corrected chi connectivity index (χ2v) is 7.99. The van der Waals surface area contributed by atoms with Crippen LogP contribution in [0.5, 0.6) is 0 Å². The molecule has 0 N–H and O–H groups in total. The average molecular weight is 258 g/mol. The normalized spacial score (nSPS) is 11.7. The van der Waals surface area contributed by atoms with Crippen LogP contribution in [0, 0.1) is 0 Å². The third-order valence-electron chi connectivity index (χ3n) is 2.83.